The minimum Gasteiger partial charge on any atom is -0.308 e. The first-order valence-corrected chi connectivity index (χ1v) is 17.2. The van der Waals surface area contributed by atoms with Gasteiger partial charge in [0.1, 0.15) is 0 Å². The van der Waals surface area contributed by atoms with Crippen LogP contribution in [0, 0.1) is 0 Å². The summed E-state index contributed by atoms with van der Waals surface area (Å²) in [7, 11) is 0. The maximum absolute atomic E-state index is 5.30. The summed E-state index contributed by atoms with van der Waals surface area (Å²) < 4.78 is 2.36. The number of benzene rings is 8. The Labute approximate surface area is 295 Å². The molecule has 2 aromatic heterocycles. The van der Waals surface area contributed by atoms with E-state index in [1.54, 1.807) is 0 Å². The largest absolute Gasteiger partial charge is 0.308 e. The zero-order valence-corrected chi connectivity index (χ0v) is 27.6. The number of nitrogens with zero attached hydrogens (tertiary/aromatic N) is 4. The van der Waals surface area contributed by atoms with Crippen molar-refractivity contribution in [2.45, 2.75) is 0 Å². The standard InChI is InChI=1S/C47H30N4/c1-3-15-31(16-4-1)35-27-28-39(37-22-10-9-21-36(35)37)46-48-45(32-17-5-2-6-18-32)49-47(50-46)40-24-12-14-26-43(40)51-42-25-13-11-23-38(42)41-29-33-19-7-8-20-34(33)30-44(41)51/h1-30H. The fourth-order valence-electron chi connectivity index (χ4n) is 7.47. The van der Waals surface area contributed by atoms with Gasteiger partial charge in [-0.25, -0.2) is 15.0 Å². The number of hydrogen-bond donors (Lipinski definition) is 0. The lowest BCUT2D eigenvalue weighted by Gasteiger charge is -2.16. The van der Waals surface area contributed by atoms with Gasteiger partial charge in [-0.3, -0.25) is 0 Å². The van der Waals surface area contributed by atoms with E-state index in [2.05, 4.69) is 168 Å². The molecule has 8 aromatic carbocycles. The van der Waals surface area contributed by atoms with Crippen LogP contribution in [0.2, 0.25) is 0 Å². The van der Waals surface area contributed by atoms with E-state index in [-0.39, 0.29) is 0 Å². The number of para-hydroxylation sites is 2. The molecule has 0 aliphatic heterocycles. The highest BCUT2D eigenvalue weighted by Gasteiger charge is 2.20. The van der Waals surface area contributed by atoms with E-state index < -0.39 is 0 Å². The van der Waals surface area contributed by atoms with E-state index in [1.165, 1.54) is 32.7 Å². The summed E-state index contributed by atoms with van der Waals surface area (Å²) in [5, 5.41) is 7.09. The number of aromatic nitrogens is 4. The van der Waals surface area contributed by atoms with Crippen LogP contribution in [-0.4, -0.2) is 19.5 Å². The summed E-state index contributed by atoms with van der Waals surface area (Å²) >= 11 is 0. The Morgan fingerprint density at radius 2 is 0.843 bits per heavy atom. The van der Waals surface area contributed by atoms with E-state index in [1.807, 2.05) is 18.2 Å². The Morgan fingerprint density at radius 3 is 1.61 bits per heavy atom. The van der Waals surface area contributed by atoms with Crippen molar-refractivity contribution < 1.29 is 0 Å². The van der Waals surface area contributed by atoms with Crippen molar-refractivity contribution in [1.29, 1.82) is 0 Å². The Balaban J connectivity index is 1.24. The lowest BCUT2D eigenvalue weighted by atomic mass is 9.94. The predicted molar refractivity (Wildman–Crippen MR) is 211 cm³/mol. The summed E-state index contributed by atoms with van der Waals surface area (Å²) in [5.74, 6) is 1.89. The second-order valence-electron chi connectivity index (χ2n) is 12.8. The monoisotopic (exact) mass is 650 g/mol. The van der Waals surface area contributed by atoms with Crippen molar-refractivity contribution >= 4 is 43.4 Å². The van der Waals surface area contributed by atoms with Gasteiger partial charge >= 0.3 is 0 Å². The lowest BCUT2D eigenvalue weighted by Crippen LogP contribution is -2.04. The molecule has 238 valence electrons. The molecule has 10 aromatic rings. The van der Waals surface area contributed by atoms with Crippen LogP contribution in [0.15, 0.2) is 182 Å². The zero-order chi connectivity index (χ0) is 33.7. The molecule has 4 heteroatoms. The van der Waals surface area contributed by atoms with Crippen LogP contribution in [0.1, 0.15) is 0 Å². The van der Waals surface area contributed by atoms with Crippen molar-refractivity contribution in [3.05, 3.63) is 182 Å². The van der Waals surface area contributed by atoms with E-state index in [4.69, 9.17) is 15.0 Å². The van der Waals surface area contributed by atoms with Crippen LogP contribution >= 0.6 is 0 Å². The third-order valence-corrected chi connectivity index (χ3v) is 9.84. The molecule has 0 unspecified atom stereocenters. The molecule has 0 fully saturated rings. The van der Waals surface area contributed by atoms with Gasteiger partial charge in [-0.15, -0.1) is 0 Å². The molecule has 0 N–H and O–H groups in total. The van der Waals surface area contributed by atoms with Crippen molar-refractivity contribution in [3.63, 3.8) is 0 Å². The van der Waals surface area contributed by atoms with Crippen LogP contribution in [0.25, 0.3) is 94.3 Å². The van der Waals surface area contributed by atoms with Crippen LogP contribution in [-0.2, 0) is 0 Å². The minimum atomic E-state index is 0.623. The van der Waals surface area contributed by atoms with Gasteiger partial charge in [0.05, 0.1) is 16.7 Å². The molecule has 0 aliphatic carbocycles. The maximum Gasteiger partial charge on any atom is 0.166 e. The highest BCUT2D eigenvalue weighted by Crippen LogP contribution is 2.39. The van der Waals surface area contributed by atoms with Gasteiger partial charge in [-0.05, 0) is 69.1 Å². The Bertz CT molecular complexity index is 2910. The van der Waals surface area contributed by atoms with Gasteiger partial charge in [0.25, 0.3) is 0 Å². The fourth-order valence-corrected chi connectivity index (χ4v) is 7.47. The zero-order valence-electron chi connectivity index (χ0n) is 27.6. The first-order chi connectivity index (χ1) is 25.3. The highest BCUT2D eigenvalue weighted by molar-refractivity contribution is 6.14. The Hall–Kier alpha value is -6.91. The molecule has 4 nitrogen and oxygen atoms in total. The van der Waals surface area contributed by atoms with Crippen molar-refractivity contribution in [1.82, 2.24) is 19.5 Å². The topological polar surface area (TPSA) is 43.6 Å². The minimum absolute atomic E-state index is 0.623. The first-order valence-electron chi connectivity index (χ1n) is 17.2. The maximum atomic E-state index is 5.30. The first kappa shape index (κ1) is 29.0. The summed E-state index contributed by atoms with van der Waals surface area (Å²) in [5.41, 5.74) is 8.48. The Kier molecular flexibility index (Phi) is 6.78. The molecule has 10 rings (SSSR count). The van der Waals surface area contributed by atoms with Gasteiger partial charge in [-0.2, -0.15) is 0 Å². The van der Waals surface area contributed by atoms with Crippen LogP contribution in [0.5, 0.6) is 0 Å². The molecule has 0 saturated carbocycles. The molecular weight excluding hydrogens is 621 g/mol. The van der Waals surface area contributed by atoms with Gasteiger partial charge in [-0.1, -0.05) is 146 Å². The molecule has 0 radical (unpaired) electrons. The molecule has 51 heavy (non-hydrogen) atoms. The molecule has 0 atom stereocenters. The number of rotatable bonds is 5. The second kappa shape index (κ2) is 11.9. The summed E-state index contributed by atoms with van der Waals surface area (Å²) in [6.45, 7) is 0. The van der Waals surface area contributed by atoms with Crippen LogP contribution in [0.4, 0.5) is 0 Å². The normalized spacial score (nSPS) is 11.5. The van der Waals surface area contributed by atoms with Gasteiger partial charge in [0.15, 0.2) is 17.5 Å². The lowest BCUT2D eigenvalue weighted by molar-refractivity contribution is 1.07. The number of fused-ring (bicyclic) bond motifs is 5. The van der Waals surface area contributed by atoms with E-state index >= 15 is 0 Å². The van der Waals surface area contributed by atoms with E-state index in [9.17, 15) is 0 Å². The average molecular weight is 651 g/mol. The van der Waals surface area contributed by atoms with Gasteiger partial charge in [0, 0.05) is 27.5 Å². The molecule has 2 heterocycles. The summed E-state index contributed by atoms with van der Waals surface area (Å²) in [6.07, 6.45) is 0. The van der Waals surface area contributed by atoms with E-state index in [0.717, 1.165) is 44.2 Å². The molecule has 0 amide bonds. The van der Waals surface area contributed by atoms with Gasteiger partial charge < -0.3 is 4.57 Å². The number of hydrogen-bond acceptors (Lipinski definition) is 3. The summed E-state index contributed by atoms with van der Waals surface area (Å²) in [4.78, 5) is 15.6. The van der Waals surface area contributed by atoms with Crippen LogP contribution in [0.3, 0.4) is 0 Å². The van der Waals surface area contributed by atoms with Crippen molar-refractivity contribution in [3.8, 4) is 51.0 Å². The molecule has 0 aliphatic rings. The Morgan fingerprint density at radius 1 is 0.314 bits per heavy atom. The molecule has 0 saturated heterocycles. The third-order valence-electron chi connectivity index (χ3n) is 9.84. The fraction of sp³-hybridized carbons (Fsp3) is 0. The molecular formula is C47H30N4. The molecule has 0 spiro atoms. The van der Waals surface area contributed by atoms with Gasteiger partial charge in [0.2, 0.25) is 0 Å². The average Bonchev–Trinajstić information content (AvgIpc) is 3.53. The predicted octanol–water partition coefficient (Wildman–Crippen LogP) is 11.9. The van der Waals surface area contributed by atoms with Crippen LogP contribution < -0.4 is 0 Å². The highest BCUT2D eigenvalue weighted by atomic mass is 15.1. The van der Waals surface area contributed by atoms with E-state index in [0.29, 0.717) is 17.5 Å². The quantitative estimate of drug-likeness (QED) is 0.186. The van der Waals surface area contributed by atoms with Crippen molar-refractivity contribution in [2.75, 3.05) is 0 Å². The smallest absolute Gasteiger partial charge is 0.166 e. The second-order valence-corrected chi connectivity index (χ2v) is 12.8. The summed E-state index contributed by atoms with van der Waals surface area (Å²) in [6, 6.07) is 63.9. The third kappa shape index (κ3) is 4.88. The van der Waals surface area contributed by atoms with Crippen molar-refractivity contribution in [2.24, 2.45) is 0 Å². The SMILES string of the molecule is c1ccc(-c2nc(-c3ccccc3-n3c4ccccc4c4cc5ccccc5cc43)nc(-c3ccc(-c4ccccc4)c4ccccc34)n2)cc1. The molecule has 0 bridgehead atoms.